The molecule has 6 heteroatoms. The van der Waals surface area contributed by atoms with E-state index in [1.165, 1.54) is 0 Å². The second kappa shape index (κ2) is 4.46. The van der Waals surface area contributed by atoms with Crippen LogP contribution in [0.2, 0.25) is 0 Å². The summed E-state index contributed by atoms with van der Waals surface area (Å²) >= 11 is 0. The van der Waals surface area contributed by atoms with Crippen LogP contribution in [0.1, 0.15) is 25.7 Å². The molecule has 2 aliphatic rings. The Labute approximate surface area is 99.1 Å². The Balaban J connectivity index is 2.10. The summed E-state index contributed by atoms with van der Waals surface area (Å²) in [5, 5.41) is 58.1. The first-order chi connectivity index (χ1) is 7.88. The number of hydrogen-bond acceptors (Lipinski definition) is 6. The summed E-state index contributed by atoms with van der Waals surface area (Å²) in [5.41, 5.74) is -1.96. The van der Waals surface area contributed by atoms with E-state index in [2.05, 4.69) is 0 Å². The maximum atomic E-state index is 10.2. The predicted molar refractivity (Wildman–Crippen MR) is 56.9 cm³/mol. The summed E-state index contributed by atoms with van der Waals surface area (Å²) in [5.74, 6) is 0.486. The van der Waals surface area contributed by atoms with Crippen LogP contribution in [0.4, 0.5) is 0 Å². The molecule has 2 rings (SSSR count). The van der Waals surface area contributed by atoms with Gasteiger partial charge >= 0.3 is 0 Å². The van der Waals surface area contributed by atoms with Crippen LogP contribution in [0, 0.1) is 5.92 Å². The van der Waals surface area contributed by atoms with Crippen LogP contribution in [0.25, 0.3) is 0 Å². The van der Waals surface area contributed by atoms with Gasteiger partial charge in [0.2, 0.25) is 0 Å². The Morgan fingerprint density at radius 2 is 1.29 bits per heavy atom. The van der Waals surface area contributed by atoms with Crippen LogP contribution in [0.5, 0.6) is 0 Å². The Hall–Kier alpha value is -0.240. The lowest BCUT2D eigenvalue weighted by Crippen LogP contribution is -2.70. The van der Waals surface area contributed by atoms with Crippen molar-refractivity contribution in [2.24, 2.45) is 5.92 Å². The molecule has 6 nitrogen and oxygen atoms in total. The molecule has 0 aromatic heterocycles. The SMILES string of the molecule is OC1[C@@H](O)[C@@H](O)C(O)(CCC2CC2)[C@H](O)[C@H]1O. The van der Waals surface area contributed by atoms with Crippen LogP contribution in [-0.4, -0.2) is 66.8 Å². The zero-order valence-electron chi connectivity index (χ0n) is 9.48. The Bertz CT molecular complexity index is 263. The third-order valence-corrected chi connectivity index (χ3v) is 4.02. The lowest BCUT2D eigenvalue weighted by atomic mass is 9.72. The van der Waals surface area contributed by atoms with Crippen molar-refractivity contribution in [1.29, 1.82) is 0 Å². The first-order valence-electron chi connectivity index (χ1n) is 6.00. The van der Waals surface area contributed by atoms with Gasteiger partial charge in [0, 0.05) is 0 Å². The summed E-state index contributed by atoms with van der Waals surface area (Å²) in [4.78, 5) is 0. The van der Waals surface area contributed by atoms with E-state index in [1.54, 1.807) is 0 Å². The van der Waals surface area contributed by atoms with Crippen LogP contribution >= 0.6 is 0 Å². The largest absolute Gasteiger partial charge is 0.387 e. The average Bonchev–Trinajstić information content (AvgIpc) is 3.13. The molecule has 0 radical (unpaired) electrons. The molecule has 17 heavy (non-hydrogen) atoms. The van der Waals surface area contributed by atoms with Gasteiger partial charge in [-0.25, -0.2) is 0 Å². The van der Waals surface area contributed by atoms with Crippen molar-refractivity contribution in [2.75, 3.05) is 0 Å². The highest BCUT2D eigenvalue weighted by atomic mass is 16.4. The van der Waals surface area contributed by atoms with Crippen molar-refractivity contribution < 1.29 is 30.6 Å². The summed E-state index contributed by atoms with van der Waals surface area (Å²) in [7, 11) is 0. The van der Waals surface area contributed by atoms with E-state index in [9.17, 15) is 30.6 Å². The van der Waals surface area contributed by atoms with Gasteiger partial charge in [-0.3, -0.25) is 0 Å². The Kier molecular flexibility index (Phi) is 3.46. The molecule has 0 amide bonds. The van der Waals surface area contributed by atoms with Crippen molar-refractivity contribution in [2.45, 2.75) is 61.8 Å². The molecule has 2 aliphatic carbocycles. The second-order valence-corrected chi connectivity index (χ2v) is 5.33. The van der Waals surface area contributed by atoms with Crippen molar-refractivity contribution >= 4 is 0 Å². The van der Waals surface area contributed by atoms with Crippen molar-refractivity contribution in [3.05, 3.63) is 0 Å². The van der Waals surface area contributed by atoms with Crippen LogP contribution in [0.15, 0.2) is 0 Å². The van der Waals surface area contributed by atoms with Gasteiger partial charge in [-0.05, 0) is 18.8 Å². The van der Waals surface area contributed by atoms with E-state index in [-0.39, 0.29) is 6.42 Å². The van der Waals surface area contributed by atoms with Gasteiger partial charge in [-0.1, -0.05) is 12.8 Å². The van der Waals surface area contributed by atoms with Gasteiger partial charge in [0.1, 0.15) is 36.1 Å². The smallest absolute Gasteiger partial charge is 0.121 e. The number of rotatable bonds is 3. The molecular formula is C11H20O6. The average molecular weight is 248 g/mol. The lowest BCUT2D eigenvalue weighted by Gasteiger charge is -2.47. The predicted octanol–water partition coefficient (Wildman–Crippen LogP) is -2.27. The highest BCUT2D eigenvalue weighted by Crippen LogP contribution is 2.40. The molecule has 100 valence electrons. The van der Waals surface area contributed by atoms with Crippen LogP contribution in [0.3, 0.4) is 0 Å². The molecule has 0 aliphatic heterocycles. The van der Waals surface area contributed by atoms with Crippen LogP contribution < -0.4 is 0 Å². The third-order valence-electron chi connectivity index (χ3n) is 4.02. The summed E-state index contributed by atoms with van der Waals surface area (Å²) < 4.78 is 0. The van der Waals surface area contributed by atoms with E-state index in [0.29, 0.717) is 12.3 Å². The Morgan fingerprint density at radius 1 is 0.824 bits per heavy atom. The fourth-order valence-electron chi connectivity index (χ4n) is 2.48. The molecular weight excluding hydrogens is 228 g/mol. The molecule has 0 aromatic rings. The van der Waals surface area contributed by atoms with Crippen molar-refractivity contribution in [1.82, 2.24) is 0 Å². The standard InChI is InChI=1S/C11H20O6/c12-6-7(13)9(15)11(17,10(16)8(6)14)4-3-5-1-2-5/h5-10,12-17H,1-4H2/t6?,7-,8+,9-,10-,11?/m1/s1. The Morgan fingerprint density at radius 3 is 1.71 bits per heavy atom. The summed E-state index contributed by atoms with van der Waals surface area (Å²) in [6.07, 6.45) is -5.42. The van der Waals surface area contributed by atoms with Gasteiger partial charge in [-0.15, -0.1) is 0 Å². The number of aliphatic hydroxyl groups is 6. The second-order valence-electron chi connectivity index (χ2n) is 5.33. The molecule has 0 heterocycles. The molecule has 6 N–H and O–H groups in total. The molecule has 2 saturated carbocycles. The van der Waals surface area contributed by atoms with Gasteiger partial charge in [0.25, 0.3) is 0 Å². The van der Waals surface area contributed by atoms with Gasteiger partial charge in [0.05, 0.1) is 0 Å². The highest BCUT2D eigenvalue weighted by molar-refractivity contribution is 5.08. The maximum absolute atomic E-state index is 10.2. The molecule has 0 saturated heterocycles. The highest BCUT2D eigenvalue weighted by Gasteiger charge is 2.57. The van der Waals surface area contributed by atoms with Gasteiger partial charge in [-0.2, -0.15) is 0 Å². The first kappa shape index (κ1) is 13.2. The fraction of sp³-hybridized carbons (Fsp3) is 1.00. The molecule has 0 spiro atoms. The van der Waals surface area contributed by atoms with E-state index in [0.717, 1.165) is 12.8 Å². The zero-order chi connectivity index (χ0) is 12.8. The molecule has 6 atom stereocenters. The lowest BCUT2D eigenvalue weighted by molar-refractivity contribution is -0.270. The third kappa shape index (κ3) is 2.21. The summed E-state index contributed by atoms with van der Waals surface area (Å²) in [6, 6.07) is 0. The van der Waals surface area contributed by atoms with E-state index in [4.69, 9.17) is 0 Å². The molecule has 0 bridgehead atoms. The quantitative estimate of drug-likeness (QED) is 0.335. The normalized spacial score (nSPS) is 51.5. The van der Waals surface area contributed by atoms with Gasteiger partial charge in [0.15, 0.2) is 0 Å². The van der Waals surface area contributed by atoms with Crippen molar-refractivity contribution in [3.8, 4) is 0 Å². The summed E-state index contributed by atoms with van der Waals surface area (Å²) in [6.45, 7) is 0. The number of hydrogen-bond donors (Lipinski definition) is 6. The minimum absolute atomic E-state index is 0.0981. The minimum Gasteiger partial charge on any atom is -0.387 e. The monoisotopic (exact) mass is 248 g/mol. The van der Waals surface area contributed by atoms with E-state index < -0.39 is 36.1 Å². The minimum atomic E-state index is -1.96. The van der Waals surface area contributed by atoms with Gasteiger partial charge < -0.3 is 30.6 Å². The van der Waals surface area contributed by atoms with E-state index in [1.807, 2.05) is 0 Å². The van der Waals surface area contributed by atoms with Crippen LogP contribution in [-0.2, 0) is 0 Å². The topological polar surface area (TPSA) is 121 Å². The molecule has 2 unspecified atom stereocenters. The fourth-order valence-corrected chi connectivity index (χ4v) is 2.48. The molecule has 2 fully saturated rings. The van der Waals surface area contributed by atoms with E-state index >= 15 is 0 Å². The first-order valence-corrected chi connectivity index (χ1v) is 6.00. The number of aliphatic hydroxyl groups excluding tert-OH is 5. The maximum Gasteiger partial charge on any atom is 0.121 e. The van der Waals surface area contributed by atoms with Crippen molar-refractivity contribution in [3.63, 3.8) is 0 Å². The molecule has 0 aromatic carbocycles. The zero-order valence-corrected chi connectivity index (χ0v) is 9.48.